The SMILES string of the molecule is C/C=C/c1ccnc(OCC2CCCCC2)c1. The summed E-state index contributed by atoms with van der Waals surface area (Å²) in [5, 5.41) is 0. The maximum atomic E-state index is 5.79. The van der Waals surface area contributed by atoms with Crippen LogP contribution < -0.4 is 4.74 Å². The van der Waals surface area contributed by atoms with Gasteiger partial charge in [0.1, 0.15) is 0 Å². The summed E-state index contributed by atoms with van der Waals surface area (Å²) in [5.74, 6) is 1.49. The second-order valence-electron chi connectivity index (χ2n) is 4.74. The first-order valence-corrected chi connectivity index (χ1v) is 6.60. The molecule has 0 unspecified atom stereocenters. The van der Waals surface area contributed by atoms with Gasteiger partial charge in [0.2, 0.25) is 5.88 Å². The first kappa shape index (κ1) is 12.2. The van der Waals surface area contributed by atoms with Crippen LogP contribution in [0.25, 0.3) is 6.08 Å². The van der Waals surface area contributed by atoms with Crippen molar-refractivity contribution in [1.82, 2.24) is 4.98 Å². The highest BCUT2D eigenvalue weighted by molar-refractivity contribution is 5.49. The quantitative estimate of drug-likeness (QED) is 0.779. The standard InChI is InChI=1S/C15H21NO/c1-2-6-13-9-10-16-15(11-13)17-12-14-7-4-3-5-8-14/h2,6,9-11,14H,3-5,7-8,12H2,1H3/b6-2+. The van der Waals surface area contributed by atoms with Gasteiger partial charge in [0.25, 0.3) is 0 Å². The highest BCUT2D eigenvalue weighted by atomic mass is 16.5. The average Bonchev–Trinajstić information content (AvgIpc) is 2.39. The van der Waals surface area contributed by atoms with Crippen molar-refractivity contribution in [3.63, 3.8) is 0 Å². The van der Waals surface area contributed by atoms with Crippen LogP contribution in [-0.4, -0.2) is 11.6 Å². The molecule has 92 valence electrons. The van der Waals surface area contributed by atoms with E-state index in [0.29, 0.717) is 0 Å². The monoisotopic (exact) mass is 231 g/mol. The third-order valence-electron chi connectivity index (χ3n) is 3.31. The van der Waals surface area contributed by atoms with E-state index < -0.39 is 0 Å². The van der Waals surface area contributed by atoms with E-state index >= 15 is 0 Å². The lowest BCUT2D eigenvalue weighted by molar-refractivity contribution is 0.203. The normalized spacial score (nSPS) is 17.5. The number of pyridine rings is 1. The summed E-state index contributed by atoms with van der Waals surface area (Å²) >= 11 is 0. The molecule has 1 aliphatic carbocycles. The molecule has 1 fully saturated rings. The topological polar surface area (TPSA) is 22.1 Å². The van der Waals surface area contributed by atoms with Crippen LogP contribution in [0.5, 0.6) is 5.88 Å². The van der Waals surface area contributed by atoms with Crippen molar-refractivity contribution >= 4 is 6.08 Å². The Morgan fingerprint density at radius 2 is 2.18 bits per heavy atom. The molecule has 17 heavy (non-hydrogen) atoms. The Morgan fingerprint density at radius 3 is 2.94 bits per heavy atom. The third kappa shape index (κ3) is 3.88. The minimum Gasteiger partial charge on any atom is -0.477 e. The van der Waals surface area contributed by atoms with Gasteiger partial charge in [0, 0.05) is 12.3 Å². The molecular weight excluding hydrogens is 210 g/mol. The minimum absolute atomic E-state index is 0.732. The third-order valence-corrected chi connectivity index (χ3v) is 3.31. The van der Waals surface area contributed by atoms with Gasteiger partial charge in [0.15, 0.2) is 0 Å². The summed E-state index contributed by atoms with van der Waals surface area (Å²) in [6.07, 6.45) is 12.6. The molecule has 0 atom stereocenters. The second kappa shape index (κ2) is 6.43. The lowest BCUT2D eigenvalue weighted by Crippen LogP contribution is -2.15. The molecule has 1 aliphatic rings. The van der Waals surface area contributed by atoms with Crippen LogP contribution in [0, 0.1) is 5.92 Å². The summed E-state index contributed by atoms with van der Waals surface area (Å²) in [7, 11) is 0. The van der Waals surface area contributed by atoms with Crippen LogP contribution >= 0.6 is 0 Å². The molecule has 2 heteroatoms. The van der Waals surface area contributed by atoms with Crippen molar-refractivity contribution in [1.29, 1.82) is 0 Å². The molecule has 0 aliphatic heterocycles. The molecule has 1 aromatic heterocycles. The van der Waals surface area contributed by atoms with E-state index in [-0.39, 0.29) is 0 Å². The molecule has 1 saturated carbocycles. The fourth-order valence-corrected chi connectivity index (χ4v) is 2.36. The lowest BCUT2D eigenvalue weighted by Gasteiger charge is -2.21. The number of allylic oxidation sites excluding steroid dienone is 1. The molecule has 2 rings (SSSR count). The Balaban J connectivity index is 1.87. The lowest BCUT2D eigenvalue weighted by atomic mass is 9.90. The molecule has 0 amide bonds. The highest BCUT2D eigenvalue weighted by Gasteiger charge is 2.14. The van der Waals surface area contributed by atoms with E-state index in [9.17, 15) is 0 Å². The number of aromatic nitrogens is 1. The molecule has 0 N–H and O–H groups in total. The van der Waals surface area contributed by atoms with Gasteiger partial charge in [-0.15, -0.1) is 0 Å². The summed E-state index contributed by atoms with van der Waals surface area (Å²) in [6, 6.07) is 4.00. The molecule has 0 saturated heterocycles. The van der Waals surface area contributed by atoms with Crippen LogP contribution in [0.15, 0.2) is 24.4 Å². The van der Waals surface area contributed by atoms with E-state index in [0.717, 1.165) is 24.0 Å². The molecule has 0 radical (unpaired) electrons. The first-order valence-electron chi connectivity index (χ1n) is 6.60. The van der Waals surface area contributed by atoms with E-state index in [4.69, 9.17) is 4.74 Å². The van der Waals surface area contributed by atoms with Crippen molar-refractivity contribution in [3.8, 4) is 5.88 Å². The smallest absolute Gasteiger partial charge is 0.213 e. The molecular formula is C15H21NO. The number of ether oxygens (including phenoxy) is 1. The van der Waals surface area contributed by atoms with Crippen molar-refractivity contribution in [3.05, 3.63) is 30.0 Å². The fourth-order valence-electron chi connectivity index (χ4n) is 2.36. The summed E-state index contributed by atoms with van der Waals surface area (Å²) in [6.45, 7) is 2.84. The van der Waals surface area contributed by atoms with Gasteiger partial charge in [-0.25, -0.2) is 4.98 Å². The van der Waals surface area contributed by atoms with E-state index in [2.05, 4.69) is 11.1 Å². The van der Waals surface area contributed by atoms with Gasteiger partial charge >= 0.3 is 0 Å². The van der Waals surface area contributed by atoms with Gasteiger partial charge in [-0.05, 0) is 37.3 Å². The van der Waals surface area contributed by atoms with Crippen LogP contribution in [0.3, 0.4) is 0 Å². The van der Waals surface area contributed by atoms with Crippen molar-refractivity contribution in [2.45, 2.75) is 39.0 Å². The Kier molecular flexibility index (Phi) is 4.60. The zero-order valence-corrected chi connectivity index (χ0v) is 10.6. The molecule has 2 nitrogen and oxygen atoms in total. The minimum atomic E-state index is 0.732. The maximum Gasteiger partial charge on any atom is 0.213 e. The number of nitrogens with zero attached hydrogens (tertiary/aromatic N) is 1. The van der Waals surface area contributed by atoms with Crippen molar-refractivity contribution < 1.29 is 4.74 Å². The molecule has 1 aromatic rings. The first-order chi connectivity index (χ1) is 8.38. The van der Waals surface area contributed by atoms with E-state index in [1.807, 2.05) is 31.3 Å². The number of rotatable bonds is 4. The average molecular weight is 231 g/mol. The van der Waals surface area contributed by atoms with Crippen LogP contribution in [-0.2, 0) is 0 Å². The van der Waals surface area contributed by atoms with Crippen molar-refractivity contribution in [2.75, 3.05) is 6.61 Å². The van der Waals surface area contributed by atoms with Crippen LogP contribution in [0.2, 0.25) is 0 Å². The zero-order chi connectivity index (χ0) is 11.9. The largest absolute Gasteiger partial charge is 0.477 e. The van der Waals surface area contributed by atoms with Gasteiger partial charge in [-0.3, -0.25) is 0 Å². The van der Waals surface area contributed by atoms with Gasteiger partial charge in [-0.2, -0.15) is 0 Å². The van der Waals surface area contributed by atoms with Crippen molar-refractivity contribution in [2.24, 2.45) is 5.92 Å². The maximum absolute atomic E-state index is 5.79. The summed E-state index contributed by atoms with van der Waals surface area (Å²) in [4.78, 5) is 4.25. The fraction of sp³-hybridized carbons (Fsp3) is 0.533. The van der Waals surface area contributed by atoms with Crippen LogP contribution in [0.4, 0.5) is 0 Å². The molecule has 0 aromatic carbocycles. The van der Waals surface area contributed by atoms with E-state index in [1.165, 1.54) is 32.1 Å². The Bertz CT molecular complexity index is 367. The van der Waals surface area contributed by atoms with E-state index in [1.54, 1.807) is 0 Å². The van der Waals surface area contributed by atoms with Gasteiger partial charge in [0.05, 0.1) is 6.61 Å². The Hall–Kier alpha value is -1.31. The molecule has 0 spiro atoms. The predicted octanol–water partition coefficient (Wildman–Crippen LogP) is 4.07. The predicted molar refractivity (Wildman–Crippen MR) is 71.0 cm³/mol. The van der Waals surface area contributed by atoms with Gasteiger partial charge in [-0.1, -0.05) is 31.4 Å². The Morgan fingerprint density at radius 1 is 1.35 bits per heavy atom. The van der Waals surface area contributed by atoms with Crippen LogP contribution in [0.1, 0.15) is 44.6 Å². The zero-order valence-electron chi connectivity index (χ0n) is 10.6. The second-order valence-corrected chi connectivity index (χ2v) is 4.74. The highest BCUT2D eigenvalue weighted by Crippen LogP contribution is 2.24. The number of hydrogen-bond acceptors (Lipinski definition) is 2. The Labute approximate surface area is 104 Å². The summed E-state index contributed by atoms with van der Waals surface area (Å²) in [5.41, 5.74) is 1.15. The van der Waals surface area contributed by atoms with Gasteiger partial charge < -0.3 is 4.74 Å². The molecule has 1 heterocycles. The summed E-state index contributed by atoms with van der Waals surface area (Å²) < 4.78 is 5.79. The molecule has 0 bridgehead atoms. The number of hydrogen-bond donors (Lipinski definition) is 0.